The zero-order valence-corrected chi connectivity index (χ0v) is 4.27. The predicted molar refractivity (Wildman–Crippen MR) is 8.92 cm³/mol. The Morgan fingerprint density at radius 3 is 1.67 bits per heavy atom. The topological polar surface area (TPSA) is 78.2 Å². The first kappa shape index (κ1) is 9.15. The van der Waals surface area contributed by atoms with Crippen LogP contribution in [0.3, 0.4) is 0 Å². The molecule has 0 aromatic carbocycles. The second-order valence-electron chi connectivity index (χ2n) is 0.183. The van der Waals surface area contributed by atoms with E-state index < -0.39 is 19.1 Å². The molecule has 32 valence electrons. The van der Waals surface area contributed by atoms with E-state index in [1.807, 2.05) is 0 Å². The van der Waals surface area contributed by atoms with Gasteiger partial charge in [-0.3, -0.25) is 0 Å². The molecule has 6 heavy (non-hydrogen) atoms. The fourth-order valence-electron chi connectivity index (χ4n) is 0. The van der Waals surface area contributed by atoms with Gasteiger partial charge in [0.25, 0.3) is 6.26 Å². The van der Waals surface area contributed by atoms with Gasteiger partial charge in [-0.05, 0) is 0 Å². The van der Waals surface area contributed by atoms with E-state index in [4.69, 9.17) is 17.0 Å². The molecule has 0 aromatic rings. The van der Waals surface area contributed by atoms with Gasteiger partial charge in [-0.2, -0.15) is 5.26 Å². The van der Waals surface area contributed by atoms with Gasteiger partial charge in [0.2, 0.25) is 0 Å². The van der Waals surface area contributed by atoms with Crippen molar-refractivity contribution in [1.29, 1.82) is 5.26 Å². The van der Waals surface area contributed by atoms with Crippen LogP contribution in [0.15, 0.2) is 0 Å². The van der Waals surface area contributed by atoms with Gasteiger partial charge in [-0.15, -0.1) is 0 Å². The fourth-order valence-corrected chi connectivity index (χ4v) is 0. The third kappa shape index (κ3) is 156. The van der Waals surface area contributed by atoms with Crippen molar-refractivity contribution < 1.29 is 30.8 Å². The van der Waals surface area contributed by atoms with E-state index in [9.17, 15) is 0 Å². The van der Waals surface area contributed by atoms with Crippen LogP contribution in [-0.2, 0) is 25.7 Å². The normalized spacial score (nSPS) is 2.50. The summed E-state index contributed by atoms with van der Waals surface area (Å²) in [6, 6.07) is 0. The van der Waals surface area contributed by atoms with Crippen molar-refractivity contribution in [3.05, 3.63) is 0 Å². The average Bonchev–Trinajstić information content (AvgIpc) is 1.39. The van der Waals surface area contributed by atoms with Crippen LogP contribution in [-0.4, -0.2) is 5.11 Å². The molecular weight excluding hydrogens is 122 g/mol. The van der Waals surface area contributed by atoms with Crippen molar-refractivity contribution in [2.75, 3.05) is 0 Å². The molecule has 0 bridgehead atoms. The van der Waals surface area contributed by atoms with Crippen molar-refractivity contribution in [3.63, 3.8) is 0 Å². The third-order valence-corrected chi connectivity index (χ3v) is 0. The molecule has 0 spiro atoms. The van der Waals surface area contributed by atoms with Gasteiger partial charge < -0.3 is 5.11 Å². The van der Waals surface area contributed by atoms with Crippen LogP contribution in [0.2, 0.25) is 0 Å². The summed E-state index contributed by atoms with van der Waals surface area (Å²) in [5.74, 6) is 0. The molecule has 0 aliphatic carbocycles. The predicted octanol–water partition coefficient (Wildman–Crippen LogP) is -0.400. The van der Waals surface area contributed by atoms with E-state index in [0.29, 0.717) is 0 Å². The van der Waals surface area contributed by atoms with E-state index in [-0.39, 0.29) is 0 Å². The summed E-state index contributed by atoms with van der Waals surface area (Å²) in [6.07, 6.45) is 0.750. The minimum atomic E-state index is -2.00. The van der Waals surface area contributed by atoms with Gasteiger partial charge in [-0.1, -0.05) is 0 Å². The van der Waals surface area contributed by atoms with Crippen LogP contribution >= 0.6 is 0 Å². The summed E-state index contributed by atoms with van der Waals surface area (Å²) in [7, 11) is 0. The average molecular weight is 123 g/mol. The van der Waals surface area contributed by atoms with Crippen molar-refractivity contribution in [1.82, 2.24) is 0 Å². The molecular formula is CHNO3Ti. The molecule has 0 unspecified atom stereocenters. The molecule has 1 N–H and O–H groups in total. The minimum absolute atomic E-state index is 0.750. The van der Waals surface area contributed by atoms with Crippen LogP contribution in [0.5, 0.6) is 0 Å². The Labute approximate surface area is 43.0 Å². The number of nitriles is 1. The van der Waals surface area contributed by atoms with E-state index in [1.54, 1.807) is 0 Å². The van der Waals surface area contributed by atoms with Gasteiger partial charge in [0.15, 0.2) is 0 Å². The molecule has 0 fully saturated rings. The first-order valence-electron chi connectivity index (χ1n) is 0.855. The zero-order chi connectivity index (χ0) is 5.41. The van der Waals surface area contributed by atoms with E-state index in [0.717, 1.165) is 6.26 Å². The van der Waals surface area contributed by atoms with Crippen LogP contribution < -0.4 is 0 Å². The van der Waals surface area contributed by atoms with Gasteiger partial charge in [-0.25, -0.2) is 0 Å². The summed E-state index contributed by atoms with van der Waals surface area (Å²) < 4.78 is 17.0. The molecule has 0 heterocycles. The molecule has 0 atom stereocenters. The quantitative estimate of drug-likeness (QED) is 0.351. The SMILES string of the molecule is N#CO.[O]=[Ti]=[O]. The Bertz CT molecular complexity index is 77.3. The first-order chi connectivity index (χ1) is 2.83. The number of aliphatic hydroxyl groups excluding tert-OH is 1. The molecule has 4 nitrogen and oxygen atoms in total. The molecule has 5 heteroatoms. The van der Waals surface area contributed by atoms with Crippen molar-refractivity contribution >= 4 is 0 Å². The summed E-state index contributed by atoms with van der Waals surface area (Å²) in [5.41, 5.74) is 0. The molecule has 0 aliphatic rings. The Morgan fingerprint density at radius 1 is 1.67 bits per heavy atom. The summed E-state index contributed by atoms with van der Waals surface area (Å²) >= 11 is -2.00. The molecule has 0 saturated carbocycles. The number of rotatable bonds is 0. The molecule has 0 saturated heterocycles. The van der Waals surface area contributed by atoms with Crippen molar-refractivity contribution in [2.24, 2.45) is 0 Å². The molecule has 0 aliphatic heterocycles. The maximum atomic E-state index is 8.50. The Hall–Kier alpha value is -0.396. The monoisotopic (exact) mass is 123 g/mol. The van der Waals surface area contributed by atoms with Gasteiger partial charge in [0.1, 0.15) is 0 Å². The molecule has 0 radical (unpaired) electrons. The third-order valence-electron chi connectivity index (χ3n) is 0. The number of aliphatic hydroxyl groups is 1. The zero-order valence-electron chi connectivity index (χ0n) is 2.71. The Kier molecular flexibility index (Phi) is 35.4. The number of hydrogen-bond acceptors (Lipinski definition) is 4. The number of nitrogens with zero attached hydrogens (tertiary/aromatic N) is 1. The summed E-state index contributed by atoms with van der Waals surface area (Å²) in [6.45, 7) is 0. The molecule has 0 rings (SSSR count). The second kappa shape index (κ2) is 23.2. The number of hydrogen-bond donors (Lipinski definition) is 1. The van der Waals surface area contributed by atoms with Gasteiger partial charge in [0, 0.05) is 0 Å². The van der Waals surface area contributed by atoms with Crippen LogP contribution in [0, 0.1) is 11.5 Å². The van der Waals surface area contributed by atoms with Gasteiger partial charge >= 0.3 is 25.7 Å². The van der Waals surface area contributed by atoms with Crippen LogP contribution in [0.4, 0.5) is 0 Å². The summed E-state index contributed by atoms with van der Waals surface area (Å²) in [5, 5.41) is 13.8. The van der Waals surface area contributed by atoms with Crippen LogP contribution in [0.25, 0.3) is 0 Å². The maximum absolute atomic E-state index is 8.50. The summed E-state index contributed by atoms with van der Waals surface area (Å²) in [4.78, 5) is 0. The molecule has 0 aromatic heterocycles. The first-order valence-corrected chi connectivity index (χ1v) is 2.13. The van der Waals surface area contributed by atoms with E-state index >= 15 is 0 Å². The standard InChI is InChI=1S/CHNO.2O.Ti/c2-1-3;;;/h3H;;;. The van der Waals surface area contributed by atoms with Gasteiger partial charge in [0.05, 0.1) is 0 Å². The molecule has 0 amide bonds. The Balaban J connectivity index is 0. The van der Waals surface area contributed by atoms with Crippen molar-refractivity contribution in [2.45, 2.75) is 0 Å². The second-order valence-corrected chi connectivity index (χ2v) is 0.444. The van der Waals surface area contributed by atoms with Crippen molar-refractivity contribution in [3.8, 4) is 6.26 Å². The fraction of sp³-hybridized carbons (Fsp3) is 0. The van der Waals surface area contributed by atoms with Crippen LogP contribution in [0.1, 0.15) is 0 Å². The Morgan fingerprint density at radius 2 is 1.67 bits per heavy atom. The van der Waals surface area contributed by atoms with E-state index in [1.165, 1.54) is 0 Å². The van der Waals surface area contributed by atoms with E-state index in [2.05, 4.69) is 0 Å².